The van der Waals surface area contributed by atoms with Crippen molar-refractivity contribution < 1.29 is 18.3 Å². The van der Waals surface area contributed by atoms with E-state index in [2.05, 4.69) is 4.72 Å². The van der Waals surface area contributed by atoms with Crippen LogP contribution < -0.4 is 4.72 Å². The fourth-order valence-corrected chi connectivity index (χ4v) is 2.49. The molecule has 0 amide bonds. The lowest BCUT2D eigenvalue weighted by molar-refractivity contribution is -0.137. The van der Waals surface area contributed by atoms with Crippen molar-refractivity contribution in [2.75, 3.05) is 24.3 Å². The van der Waals surface area contributed by atoms with Crippen molar-refractivity contribution in [1.29, 1.82) is 0 Å². The molecule has 0 heterocycles. The number of nitrogens with one attached hydrogen (secondary N) is 1. The molecule has 0 aromatic rings. The Balaban J connectivity index is 3.63. The Hall–Kier alpha value is -0.270. The molecule has 7 heteroatoms. The Morgan fingerprint density at radius 1 is 1.40 bits per heavy atom. The summed E-state index contributed by atoms with van der Waals surface area (Å²) in [5.41, 5.74) is 0. The Morgan fingerprint density at radius 2 is 2.07 bits per heavy atom. The molecule has 0 aliphatic rings. The molecule has 15 heavy (non-hydrogen) atoms. The smallest absolute Gasteiger partial charge is 0.303 e. The van der Waals surface area contributed by atoms with Gasteiger partial charge in [0.1, 0.15) is 0 Å². The highest BCUT2D eigenvalue weighted by molar-refractivity contribution is 7.98. The normalized spacial score (nSPS) is 11.5. The van der Waals surface area contributed by atoms with Crippen LogP contribution in [-0.4, -0.2) is 43.8 Å². The third kappa shape index (κ3) is 10.0. The van der Waals surface area contributed by atoms with E-state index in [0.29, 0.717) is 6.54 Å². The van der Waals surface area contributed by atoms with Gasteiger partial charge in [-0.15, -0.1) is 0 Å². The van der Waals surface area contributed by atoms with Gasteiger partial charge in [-0.05, 0) is 24.9 Å². The summed E-state index contributed by atoms with van der Waals surface area (Å²) in [5.74, 6) is -0.163. The predicted octanol–water partition coefficient (Wildman–Crippen LogP) is 0.524. The highest BCUT2D eigenvalue weighted by atomic mass is 32.2. The second-order valence-corrected chi connectivity index (χ2v) is 5.97. The minimum Gasteiger partial charge on any atom is -0.481 e. The van der Waals surface area contributed by atoms with E-state index in [0.717, 1.165) is 12.2 Å². The average Bonchev–Trinajstić information content (AvgIpc) is 2.11. The van der Waals surface area contributed by atoms with Gasteiger partial charge in [0.05, 0.1) is 5.75 Å². The number of carboxylic acid groups (broad SMARTS) is 1. The first-order valence-electron chi connectivity index (χ1n) is 4.66. The number of carboxylic acids is 1. The molecule has 90 valence electrons. The maximum Gasteiger partial charge on any atom is 0.303 e. The number of carbonyl (C=O) groups is 1. The van der Waals surface area contributed by atoms with Gasteiger partial charge < -0.3 is 5.11 Å². The average molecular weight is 255 g/mol. The van der Waals surface area contributed by atoms with E-state index in [1.54, 1.807) is 11.8 Å². The molecule has 0 spiro atoms. The van der Waals surface area contributed by atoms with Gasteiger partial charge in [-0.3, -0.25) is 4.79 Å². The molecule has 2 N–H and O–H groups in total. The largest absolute Gasteiger partial charge is 0.481 e. The minimum atomic E-state index is -3.28. The van der Waals surface area contributed by atoms with E-state index >= 15 is 0 Å². The van der Waals surface area contributed by atoms with Gasteiger partial charge in [0.2, 0.25) is 10.0 Å². The number of hydrogen-bond donors (Lipinski definition) is 2. The monoisotopic (exact) mass is 255 g/mol. The first-order chi connectivity index (χ1) is 6.98. The zero-order valence-corrected chi connectivity index (χ0v) is 10.4. The summed E-state index contributed by atoms with van der Waals surface area (Å²) in [6.07, 6.45) is 2.81. The van der Waals surface area contributed by atoms with Crippen LogP contribution >= 0.6 is 11.8 Å². The number of thioether (sulfide) groups is 1. The van der Waals surface area contributed by atoms with Crippen LogP contribution in [0.4, 0.5) is 0 Å². The van der Waals surface area contributed by atoms with Gasteiger partial charge >= 0.3 is 5.97 Å². The van der Waals surface area contributed by atoms with Crippen molar-refractivity contribution in [2.24, 2.45) is 0 Å². The molecule has 0 fully saturated rings. The van der Waals surface area contributed by atoms with Crippen LogP contribution in [0.15, 0.2) is 0 Å². The first kappa shape index (κ1) is 14.7. The summed E-state index contributed by atoms with van der Waals surface area (Å²) >= 11 is 1.66. The van der Waals surface area contributed by atoms with Gasteiger partial charge in [-0.25, -0.2) is 13.1 Å². The van der Waals surface area contributed by atoms with Crippen LogP contribution in [0.25, 0.3) is 0 Å². The summed E-state index contributed by atoms with van der Waals surface area (Å²) in [7, 11) is -3.28. The summed E-state index contributed by atoms with van der Waals surface area (Å²) in [6.45, 7) is 0.427. The molecular formula is C8H17NO4S2. The van der Waals surface area contributed by atoms with Crippen LogP contribution in [0.1, 0.15) is 19.3 Å². The molecule has 0 aromatic heterocycles. The second kappa shape index (κ2) is 7.95. The predicted molar refractivity (Wildman–Crippen MR) is 61.7 cm³/mol. The number of aliphatic carboxylic acids is 1. The summed E-state index contributed by atoms with van der Waals surface area (Å²) < 4.78 is 25.0. The quantitative estimate of drug-likeness (QED) is 0.587. The van der Waals surface area contributed by atoms with Crippen molar-refractivity contribution in [3.05, 3.63) is 0 Å². The molecule has 0 atom stereocenters. The van der Waals surface area contributed by atoms with Crippen molar-refractivity contribution in [3.8, 4) is 0 Å². The number of rotatable bonds is 9. The first-order valence-corrected chi connectivity index (χ1v) is 7.70. The van der Waals surface area contributed by atoms with Gasteiger partial charge in [0.25, 0.3) is 0 Å². The molecule has 0 rings (SSSR count). The summed E-state index contributed by atoms with van der Waals surface area (Å²) in [6, 6.07) is 0. The standard InChI is InChI=1S/C8H17NO4S2/c1-14-6-3-5-9-15(12,13)7-2-4-8(10)11/h9H,2-7H2,1H3,(H,10,11). The zero-order chi connectivity index (χ0) is 11.7. The van der Waals surface area contributed by atoms with E-state index in [4.69, 9.17) is 5.11 Å². The highest BCUT2D eigenvalue weighted by Crippen LogP contribution is 1.97. The van der Waals surface area contributed by atoms with E-state index in [1.807, 2.05) is 6.26 Å². The topological polar surface area (TPSA) is 83.5 Å². The summed E-state index contributed by atoms with van der Waals surface area (Å²) in [5, 5.41) is 8.34. The molecule has 5 nitrogen and oxygen atoms in total. The van der Waals surface area contributed by atoms with E-state index in [1.165, 1.54) is 0 Å². The molecular weight excluding hydrogens is 238 g/mol. The van der Waals surface area contributed by atoms with Crippen LogP contribution in [-0.2, 0) is 14.8 Å². The maximum atomic E-state index is 11.3. The molecule has 0 aromatic carbocycles. The Bertz CT molecular complexity index is 276. The molecule has 0 aliphatic carbocycles. The van der Waals surface area contributed by atoms with Gasteiger partial charge in [-0.1, -0.05) is 0 Å². The highest BCUT2D eigenvalue weighted by Gasteiger charge is 2.09. The molecule has 0 aliphatic heterocycles. The van der Waals surface area contributed by atoms with Crippen LogP contribution in [0, 0.1) is 0 Å². The number of sulfonamides is 1. The van der Waals surface area contributed by atoms with Crippen LogP contribution in [0.5, 0.6) is 0 Å². The zero-order valence-electron chi connectivity index (χ0n) is 8.73. The maximum absolute atomic E-state index is 11.3. The molecule has 0 bridgehead atoms. The SMILES string of the molecule is CSCCCNS(=O)(=O)CCCC(=O)O. The fraction of sp³-hybridized carbons (Fsp3) is 0.875. The molecule has 0 saturated heterocycles. The van der Waals surface area contributed by atoms with Gasteiger partial charge in [0, 0.05) is 13.0 Å². The third-order valence-electron chi connectivity index (χ3n) is 1.65. The lowest BCUT2D eigenvalue weighted by Gasteiger charge is -2.04. The summed E-state index contributed by atoms with van der Waals surface area (Å²) in [4.78, 5) is 10.2. The fourth-order valence-electron chi connectivity index (χ4n) is 0.930. The van der Waals surface area contributed by atoms with Crippen LogP contribution in [0.3, 0.4) is 0 Å². The Morgan fingerprint density at radius 3 is 2.60 bits per heavy atom. The van der Waals surface area contributed by atoms with Crippen LogP contribution in [0.2, 0.25) is 0 Å². The lowest BCUT2D eigenvalue weighted by Crippen LogP contribution is -2.27. The minimum absolute atomic E-state index is 0.105. The van der Waals surface area contributed by atoms with E-state index < -0.39 is 16.0 Å². The van der Waals surface area contributed by atoms with Gasteiger partial charge in [-0.2, -0.15) is 11.8 Å². The van der Waals surface area contributed by atoms with Crippen molar-refractivity contribution in [1.82, 2.24) is 4.72 Å². The molecule has 0 saturated carbocycles. The van der Waals surface area contributed by atoms with Crippen molar-refractivity contribution in [2.45, 2.75) is 19.3 Å². The third-order valence-corrected chi connectivity index (χ3v) is 3.82. The second-order valence-electron chi connectivity index (χ2n) is 3.06. The van der Waals surface area contributed by atoms with E-state index in [9.17, 15) is 13.2 Å². The van der Waals surface area contributed by atoms with Crippen molar-refractivity contribution in [3.63, 3.8) is 0 Å². The van der Waals surface area contributed by atoms with Crippen molar-refractivity contribution >= 4 is 27.8 Å². The van der Waals surface area contributed by atoms with Gasteiger partial charge in [0.15, 0.2) is 0 Å². The Labute approximate surface area is 94.7 Å². The molecule has 0 radical (unpaired) electrons. The Kier molecular flexibility index (Phi) is 7.81. The molecule has 0 unspecified atom stereocenters. The number of hydrogen-bond acceptors (Lipinski definition) is 4. The van der Waals surface area contributed by atoms with E-state index in [-0.39, 0.29) is 18.6 Å². The lowest BCUT2D eigenvalue weighted by atomic mass is 10.3.